The van der Waals surface area contributed by atoms with Gasteiger partial charge in [0.1, 0.15) is 6.54 Å². The van der Waals surface area contributed by atoms with Crippen LogP contribution >= 0.6 is 11.3 Å². The first-order valence-electron chi connectivity index (χ1n) is 13.5. The zero-order valence-corrected chi connectivity index (χ0v) is 22.3. The number of hydrogen-bond donors (Lipinski definition) is 1. The molecule has 192 valence electrons. The number of hydrogen-bond acceptors (Lipinski definition) is 5. The molecule has 2 unspecified atom stereocenters. The Hall–Kier alpha value is -1.96. The first-order chi connectivity index (χ1) is 16.6. The molecule has 2 heterocycles. The normalized spacial score (nSPS) is 28.1. The summed E-state index contributed by atoms with van der Waals surface area (Å²) in [6, 6.07) is 0.538. The maximum atomic E-state index is 13.2. The molecule has 3 aliphatic carbocycles. The molecule has 8 heteroatoms. The van der Waals surface area contributed by atoms with Crippen molar-refractivity contribution >= 4 is 34.2 Å². The topological polar surface area (TPSA) is 82.6 Å². The molecule has 4 fully saturated rings. The third kappa shape index (κ3) is 5.73. The van der Waals surface area contributed by atoms with Gasteiger partial charge in [0.05, 0.1) is 12.1 Å². The van der Waals surface area contributed by atoms with Crippen LogP contribution in [0.3, 0.4) is 0 Å². The smallest absolute Gasteiger partial charge is 0.245 e. The maximum absolute atomic E-state index is 13.2. The van der Waals surface area contributed by atoms with Crippen LogP contribution in [0, 0.1) is 16.7 Å². The van der Waals surface area contributed by atoms with Crippen LogP contribution in [0.25, 0.3) is 0 Å². The van der Waals surface area contributed by atoms with E-state index in [4.69, 9.17) is 0 Å². The number of nitrogens with one attached hydrogen (secondary N) is 1. The van der Waals surface area contributed by atoms with Crippen molar-refractivity contribution in [1.82, 2.24) is 14.8 Å². The molecule has 3 saturated carbocycles. The van der Waals surface area contributed by atoms with Crippen molar-refractivity contribution in [1.29, 1.82) is 0 Å². The molecule has 1 N–H and O–H groups in total. The molecule has 0 spiro atoms. The number of fused-ring (bicyclic) bond motifs is 2. The predicted molar refractivity (Wildman–Crippen MR) is 137 cm³/mol. The lowest BCUT2D eigenvalue weighted by Gasteiger charge is -2.39. The summed E-state index contributed by atoms with van der Waals surface area (Å²) in [5, 5.41) is 5.25. The molecule has 2 atom stereocenters. The highest BCUT2D eigenvalue weighted by atomic mass is 32.1. The van der Waals surface area contributed by atoms with Gasteiger partial charge in [0.15, 0.2) is 5.13 Å². The van der Waals surface area contributed by atoms with Gasteiger partial charge < -0.3 is 15.1 Å². The van der Waals surface area contributed by atoms with Crippen molar-refractivity contribution in [3.63, 3.8) is 0 Å². The minimum absolute atomic E-state index is 0.0764. The Balaban J connectivity index is 1.15. The van der Waals surface area contributed by atoms with E-state index >= 15 is 0 Å². The average Bonchev–Trinajstić information content (AvgIpc) is 3.48. The van der Waals surface area contributed by atoms with Crippen LogP contribution in [-0.4, -0.2) is 57.7 Å². The fourth-order valence-corrected chi connectivity index (χ4v) is 7.85. The number of carbonyl (C=O) groups is 3. The third-order valence-electron chi connectivity index (χ3n) is 8.40. The van der Waals surface area contributed by atoms with Gasteiger partial charge in [-0.15, -0.1) is 11.3 Å². The first kappa shape index (κ1) is 24.7. The highest BCUT2D eigenvalue weighted by Gasteiger charge is 2.50. The second kappa shape index (κ2) is 9.49. The predicted octanol–water partition coefficient (Wildman–Crippen LogP) is 4.62. The van der Waals surface area contributed by atoms with Crippen molar-refractivity contribution in [2.24, 2.45) is 16.7 Å². The van der Waals surface area contributed by atoms with E-state index in [1.165, 1.54) is 17.8 Å². The van der Waals surface area contributed by atoms with Crippen molar-refractivity contribution in [3.05, 3.63) is 11.1 Å². The molecule has 4 aliphatic rings. The van der Waals surface area contributed by atoms with Gasteiger partial charge in [0.2, 0.25) is 17.7 Å². The Labute approximate surface area is 213 Å². The highest BCUT2D eigenvalue weighted by Crippen LogP contribution is 2.52. The molecule has 3 amide bonds. The molecule has 1 aliphatic heterocycles. The number of rotatable bonds is 7. The Morgan fingerprint density at radius 3 is 2.57 bits per heavy atom. The third-order valence-corrected chi connectivity index (χ3v) is 9.21. The van der Waals surface area contributed by atoms with Gasteiger partial charge in [-0.1, -0.05) is 40.0 Å². The Morgan fingerprint density at radius 1 is 1.11 bits per heavy atom. The fraction of sp³-hybridized carbons (Fsp3) is 0.778. The number of nitrogens with zero attached hydrogens (tertiary/aromatic N) is 3. The van der Waals surface area contributed by atoms with E-state index in [1.807, 2.05) is 5.38 Å². The van der Waals surface area contributed by atoms with Gasteiger partial charge in [0.25, 0.3) is 0 Å². The number of aromatic nitrogens is 1. The van der Waals surface area contributed by atoms with E-state index in [1.54, 1.807) is 4.90 Å². The molecular weight excluding hydrogens is 460 g/mol. The second-order valence-electron chi connectivity index (χ2n) is 12.6. The van der Waals surface area contributed by atoms with E-state index < -0.39 is 0 Å². The summed E-state index contributed by atoms with van der Waals surface area (Å²) >= 11 is 1.35. The van der Waals surface area contributed by atoms with Gasteiger partial charge in [-0.05, 0) is 55.8 Å². The number of anilines is 1. The van der Waals surface area contributed by atoms with Crippen molar-refractivity contribution in [2.45, 2.75) is 103 Å². The monoisotopic (exact) mass is 500 g/mol. The first-order valence-corrected chi connectivity index (χ1v) is 14.3. The van der Waals surface area contributed by atoms with E-state index in [0.717, 1.165) is 64.3 Å². The molecule has 7 nitrogen and oxygen atoms in total. The van der Waals surface area contributed by atoms with Crippen molar-refractivity contribution in [2.75, 3.05) is 18.4 Å². The number of carbonyl (C=O) groups excluding carboxylic acids is 3. The average molecular weight is 501 g/mol. The van der Waals surface area contributed by atoms with E-state index in [-0.39, 0.29) is 53.5 Å². The van der Waals surface area contributed by atoms with Crippen LogP contribution in [0.5, 0.6) is 0 Å². The molecule has 1 saturated heterocycles. The lowest BCUT2D eigenvalue weighted by atomic mass is 9.65. The summed E-state index contributed by atoms with van der Waals surface area (Å²) in [4.78, 5) is 47.4. The molecule has 1 aromatic heterocycles. The Morgan fingerprint density at radius 2 is 1.86 bits per heavy atom. The molecule has 2 bridgehead atoms. The summed E-state index contributed by atoms with van der Waals surface area (Å²) in [6.07, 6.45) is 10.9. The molecule has 0 aromatic carbocycles. The molecule has 0 radical (unpaired) electrons. The van der Waals surface area contributed by atoms with E-state index in [2.05, 4.69) is 36.0 Å². The van der Waals surface area contributed by atoms with Crippen LogP contribution in [0.2, 0.25) is 0 Å². The largest absolute Gasteiger partial charge is 0.339 e. The zero-order chi connectivity index (χ0) is 24.8. The van der Waals surface area contributed by atoms with Gasteiger partial charge in [-0.25, -0.2) is 4.98 Å². The summed E-state index contributed by atoms with van der Waals surface area (Å²) < 4.78 is 0. The maximum Gasteiger partial charge on any atom is 0.245 e. The Bertz CT molecular complexity index is 981. The van der Waals surface area contributed by atoms with E-state index in [9.17, 15) is 14.4 Å². The highest BCUT2D eigenvalue weighted by molar-refractivity contribution is 7.13. The Kier molecular flexibility index (Phi) is 6.70. The summed E-state index contributed by atoms with van der Waals surface area (Å²) in [7, 11) is 0. The van der Waals surface area contributed by atoms with Crippen molar-refractivity contribution < 1.29 is 14.4 Å². The standard InChI is InChI=1S/C27H40N4O3S/c1-26(2)12-21-13-27(3,16-26)17-31(21)23(33)11-19-15-35-25(28-19)29-22(32)14-30(20-9-10-20)24(34)18-7-5-4-6-8-18/h15,18,20-21H,4-14,16-17H2,1-3H3,(H,28,29,32). The summed E-state index contributed by atoms with van der Waals surface area (Å²) in [6.45, 7) is 7.87. The van der Waals surface area contributed by atoms with Gasteiger partial charge in [0, 0.05) is 29.9 Å². The SMILES string of the molecule is CC1(C)CC2CC(C)(CN2C(=O)Cc2csc(NC(=O)CN(C(=O)C3CCCCC3)C3CC3)n2)C1. The van der Waals surface area contributed by atoms with Crippen LogP contribution in [-0.2, 0) is 20.8 Å². The summed E-state index contributed by atoms with van der Waals surface area (Å²) in [5.41, 5.74) is 1.20. The minimum Gasteiger partial charge on any atom is -0.339 e. The van der Waals surface area contributed by atoms with Gasteiger partial charge in [-0.2, -0.15) is 0 Å². The molecule has 5 rings (SSSR count). The van der Waals surface area contributed by atoms with Crippen LogP contribution in [0.15, 0.2) is 5.38 Å². The quantitative estimate of drug-likeness (QED) is 0.592. The second-order valence-corrected chi connectivity index (χ2v) is 13.5. The lowest BCUT2D eigenvalue weighted by molar-refractivity contribution is -0.139. The lowest BCUT2D eigenvalue weighted by Crippen LogP contribution is -2.43. The molecular formula is C27H40N4O3S. The van der Waals surface area contributed by atoms with Crippen LogP contribution in [0.4, 0.5) is 5.13 Å². The van der Waals surface area contributed by atoms with Gasteiger partial charge >= 0.3 is 0 Å². The van der Waals surface area contributed by atoms with Crippen LogP contribution in [0.1, 0.15) is 90.7 Å². The minimum atomic E-state index is -0.197. The zero-order valence-electron chi connectivity index (χ0n) is 21.5. The number of thiazole rings is 1. The van der Waals surface area contributed by atoms with E-state index in [0.29, 0.717) is 16.9 Å². The summed E-state index contributed by atoms with van der Waals surface area (Å²) in [5.74, 6) is 0.169. The number of amides is 3. The van der Waals surface area contributed by atoms with Crippen molar-refractivity contribution in [3.8, 4) is 0 Å². The molecule has 1 aromatic rings. The molecule has 35 heavy (non-hydrogen) atoms. The fourth-order valence-electron chi connectivity index (χ4n) is 7.12. The van der Waals surface area contributed by atoms with Crippen LogP contribution < -0.4 is 5.32 Å². The number of likely N-dealkylation sites (tertiary alicyclic amines) is 1. The van der Waals surface area contributed by atoms with Gasteiger partial charge in [-0.3, -0.25) is 14.4 Å².